The number of fused-ring (bicyclic) bond motifs is 2. The molecule has 0 unspecified atom stereocenters. The fraction of sp³-hybridized carbons (Fsp3) is 0.294. The minimum absolute atomic E-state index is 0.0628. The van der Waals surface area contributed by atoms with Crippen LogP contribution in [-0.4, -0.2) is 32.3 Å². The van der Waals surface area contributed by atoms with E-state index in [1.165, 1.54) is 0 Å². The standard InChI is InChI=1S/C17H16N4OS/c1-2-16-20-14-4-3-11(7-15(14)23-16)17(22)21-6-5-13-12(9-21)8-18-10-19-13/h3-4,7-8,10H,2,5-6,9H2,1H3. The molecule has 6 heteroatoms. The first-order chi connectivity index (χ1) is 11.2. The Bertz CT molecular complexity index is 889. The highest BCUT2D eigenvalue weighted by Crippen LogP contribution is 2.25. The van der Waals surface area contributed by atoms with Crippen molar-refractivity contribution in [2.45, 2.75) is 26.3 Å². The first kappa shape index (κ1) is 14.3. The molecule has 0 saturated heterocycles. The molecule has 0 spiro atoms. The number of benzene rings is 1. The van der Waals surface area contributed by atoms with Crippen molar-refractivity contribution in [1.82, 2.24) is 19.9 Å². The van der Waals surface area contributed by atoms with Gasteiger partial charge in [0.15, 0.2) is 0 Å². The van der Waals surface area contributed by atoms with E-state index in [0.29, 0.717) is 13.1 Å². The Morgan fingerprint density at radius 1 is 1.39 bits per heavy atom. The van der Waals surface area contributed by atoms with E-state index in [-0.39, 0.29) is 5.91 Å². The largest absolute Gasteiger partial charge is 0.334 e. The second-order valence-electron chi connectivity index (χ2n) is 5.62. The first-order valence-electron chi connectivity index (χ1n) is 7.71. The molecule has 23 heavy (non-hydrogen) atoms. The van der Waals surface area contributed by atoms with Crippen LogP contribution in [0, 0.1) is 0 Å². The highest BCUT2D eigenvalue weighted by Gasteiger charge is 2.23. The average Bonchev–Trinajstić information content (AvgIpc) is 3.03. The van der Waals surface area contributed by atoms with E-state index < -0.39 is 0 Å². The van der Waals surface area contributed by atoms with Gasteiger partial charge in [-0.1, -0.05) is 6.92 Å². The van der Waals surface area contributed by atoms with E-state index in [0.717, 1.165) is 44.9 Å². The molecule has 4 rings (SSSR count). The fourth-order valence-corrected chi connectivity index (χ4v) is 3.83. The summed E-state index contributed by atoms with van der Waals surface area (Å²) < 4.78 is 1.08. The van der Waals surface area contributed by atoms with Gasteiger partial charge in [0.25, 0.3) is 5.91 Å². The van der Waals surface area contributed by atoms with Gasteiger partial charge in [-0.2, -0.15) is 0 Å². The predicted octanol–water partition coefficient (Wildman–Crippen LogP) is 2.85. The van der Waals surface area contributed by atoms with Gasteiger partial charge >= 0.3 is 0 Å². The number of carbonyl (C=O) groups excluding carboxylic acids is 1. The summed E-state index contributed by atoms with van der Waals surface area (Å²) in [6.07, 6.45) is 5.08. The minimum Gasteiger partial charge on any atom is -0.334 e. The lowest BCUT2D eigenvalue weighted by atomic mass is 10.1. The summed E-state index contributed by atoms with van der Waals surface area (Å²) in [4.78, 5) is 27.6. The van der Waals surface area contributed by atoms with Crippen LogP contribution in [0.1, 0.15) is 33.5 Å². The SMILES string of the molecule is CCc1nc2ccc(C(=O)N3CCc4ncncc4C3)cc2s1. The molecule has 0 N–H and O–H groups in total. The van der Waals surface area contributed by atoms with E-state index in [1.54, 1.807) is 17.7 Å². The van der Waals surface area contributed by atoms with Crippen LogP contribution in [0.5, 0.6) is 0 Å². The number of rotatable bonds is 2. The van der Waals surface area contributed by atoms with E-state index >= 15 is 0 Å². The Morgan fingerprint density at radius 2 is 2.30 bits per heavy atom. The van der Waals surface area contributed by atoms with Gasteiger partial charge in [-0.05, 0) is 24.6 Å². The molecule has 0 atom stereocenters. The number of hydrogen-bond donors (Lipinski definition) is 0. The fourth-order valence-electron chi connectivity index (χ4n) is 2.88. The molecule has 2 aromatic heterocycles. The summed E-state index contributed by atoms with van der Waals surface area (Å²) in [5.74, 6) is 0.0628. The van der Waals surface area contributed by atoms with Crippen molar-refractivity contribution >= 4 is 27.5 Å². The van der Waals surface area contributed by atoms with Crippen molar-refractivity contribution in [1.29, 1.82) is 0 Å². The van der Waals surface area contributed by atoms with Gasteiger partial charge in [-0.15, -0.1) is 11.3 Å². The lowest BCUT2D eigenvalue weighted by Crippen LogP contribution is -2.36. The van der Waals surface area contributed by atoms with Crippen molar-refractivity contribution in [2.24, 2.45) is 0 Å². The molecule has 0 aliphatic carbocycles. The minimum atomic E-state index is 0.0628. The lowest BCUT2D eigenvalue weighted by molar-refractivity contribution is 0.0733. The van der Waals surface area contributed by atoms with E-state index in [1.807, 2.05) is 29.3 Å². The maximum absolute atomic E-state index is 12.8. The number of carbonyl (C=O) groups is 1. The van der Waals surface area contributed by atoms with Gasteiger partial charge in [-0.25, -0.2) is 15.0 Å². The third-order valence-corrected chi connectivity index (χ3v) is 5.29. The molecule has 1 aliphatic heterocycles. The molecule has 1 aliphatic rings. The summed E-state index contributed by atoms with van der Waals surface area (Å²) in [6.45, 7) is 3.37. The molecule has 116 valence electrons. The van der Waals surface area contributed by atoms with Gasteiger partial charge in [-0.3, -0.25) is 4.79 Å². The van der Waals surface area contributed by atoms with Crippen LogP contribution in [0.15, 0.2) is 30.7 Å². The van der Waals surface area contributed by atoms with Gasteiger partial charge in [0.05, 0.1) is 20.9 Å². The summed E-state index contributed by atoms with van der Waals surface area (Å²) in [5.41, 5.74) is 3.79. The Kier molecular flexibility index (Phi) is 3.53. The van der Waals surface area contributed by atoms with Crippen LogP contribution in [0.3, 0.4) is 0 Å². The zero-order chi connectivity index (χ0) is 15.8. The summed E-state index contributed by atoms with van der Waals surface area (Å²) in [6, 6.07) is 5.78. The maximum atomic E-state index is 12.8. The third-order valence-electron chi connectivity index (χ3n) is 4.13. The molecule has 0 radical (unpaired) electrons. The smallest absolute Gasteiger partial charge is 0.254 e. The zero-order valence-electron chi connectivity index (χ0n) is 12.8. The monoisotopic (exact) mass is 324 g/mol. The van der Waals surface area contributed by atoms with Crippen molar-refractivity contribution < 1.29 is 4.79 Å². The van der Waals surface area contributed by atoms with E-state index in [9.17, 15) is 4.79 Å². The molecule has 5 nitrogen and oxygen atoms in total. The number of aromatic nitrogens is 3. The number of aryl methyl sites for hydroxylation is 1. The van der Waals surface area contributed by atoms with Crippen molar-refractivity contribution in [3.63, 3.8) is 0 Å². The van der Waals surface area contributed by atoms with Crippen LogP contribution in [-0.2, 0) is 19.4 Å². The molecule has 0 saturated carbocycles. The molecule has 1 aromatic carbocycles. The zero-order valence-corrected chi connectivity index (χ0v) is 13.6. The second-order valence-corrected chi connectivity index (χ2v) is 6.73. The number of thiazole rings is 1. The van der Waals surface area contributed by atoms with Crippen LogP contribution < -0.4 is 0 Å². The van der Waals surface area contributed by atoms with Crippen molar-refractivity contribution in [3.05, 3.63) is 52.6 Å². The second kappa shape index (κ2) is 5.70. The van der Waals surface area contributed by atoms with Crippen molar-refractivity contribution in [3.8, 4) is 0 Å². The van der Waals surface area contributed by atoms with Gasteiger partial charge in [0, 0.05) is 36.8 Å². The topological polar surface area (TPSA) is 59.0 Å². The Morgan fingerprint density at radius 3 is 3.17 bits per heavy atom. The molecule has 1 amide bonds. The normalized spacial score (nSPS) is 14.0. The van der Waals surface area contributed by atoms with Gasteiger partial charge in [0.2, 0.25) is 0 Å². The Hall–Kier alpha value is -2.34. The number of hydrogen-bond acceptors (Lipinski definition) is 5. The summed E-state index contributed by atoms with van der Waals surface area (Å²) >= 11 is 1.66. The van der Waals surface area contributed by atoms with E-state index in [2.05, 4.69) is 21.9 Å². The van der Waals surface area contributed by atoms with Crippen LogP contribution in [0.2, 0.25) is 0 Å². The number of nitrogens with zero attached hydrogens (tertiary/aromatic N) is 4. The van der Waals surface area contributed by atoms with Crippen LogP contribution in [0.4, 0.5) is 0 Å². The Labute approximate surface area is 138 Å². The molecule has 0 fully saturated rings. The van der Waals surface area contributed by atoms with Gasteiger partial charge < -0.3 is 4.90 Å². The van der Waals surface area contributed by atoms with Crippen LogP contribution in [0.25, 0.3) is 10.2 Å². The van der Waals surface area contributed by atoms with E-state index in [4.69, 9.17) is 0 Å². The number of amides is 1. The molecule has 0 bridgehead atoms. The summed E-state index contributed by atoms with van der Waals surface area (Å²) in [5, 5.41) is 1.11. The van der Waals surface area contributed by atoms with Crippen molar-refractivity contribution in [2.75, 3.05) is 6.54 Å². The molecular weight excluding hydrogens is 308 g/mol. The highest BCUT2D eigenvalue weighted by atomic mass is 32.1. The lowest BCUT2D eigenvalue weighted by Gasteiger charge is -2.27. The maximum Gasteiger partial charge on any atom is 0.254 e. The summed E-state index contributed by atoms with van der Waals surface area (Å²) in [7, 11) is 0. The molecule has 3 heterocycles. The average molecular weight is 324 g/mol. The third kappa shape index (κ3) is 2.59. The molecule has 3 aromatic rings. The highest BCUT2D eigenvalue weighted by molar-refractivity contribution is 7.18. The molecular formula is C17H16N4OS. The quantitative estimate of drug-likeness (QED) is 0.727. The predicted molar refractivity (Wildman–Crippen MR) is 89.5 cm³/mol. The Balaban J connectivity index is 1.62. The van der Waals surface area contributed by atoms with Gasteiger partial charge in [0.1, 0.15) is 6.33 Å². The first-order valence-corrected chi connectivity index (χ1v) is 8.52. The van der Waals surface area contributed by atoms with Crippen LogP contribution >= 0.6 is 11.3 Å².